The van der Waals surface area contributed by atoms with Crippen molar-refractivity contribution in [1.29, 1.82) is 0 Å². The summed E-state index contributed by atoms with van der Waals surface area (Å²) in [5.41, 5.74) is 5.73. The third kappa shape index (κ3) is 11.1. The van der Waals surface area contributed by atoms with Gasteiger partial charge in [0.1, 0.15) is 0 Å². The van der Waals surface area contributed by atoms with E-state index in [2.05, 4.69) is 10.2 Å². The van der Waals surface area contributed by atoms with Crippen LogP contribution in [-0.4, -0.2) is 133 Å². The topological polar surface area (TPSA) is 158 Å². The lowest BCUT2D eigenvalue weighted by Gasteiger charge is -2.41. The van der Waals surface area contributed by atoms with E-state index < -0.39 is 41.5 Å². The molecule has 0 radical (unpaired) electrons. The molecule has 4 aliphatic rings. The molecule has 1 atom stereocenters. The number of ether oxygens (including phenoxy) is 2. The molecule has 322 valence electrons. The molecule has 0 saturated carbocycles. The van der Waals surface area contributed by atoms with Gasteiger partial charge in [0, 0.05) is 71.5 Å². The number of amides is 5. The maximum Gasteiger partial charge on any atom is 0.418 e. The molecule has 18 heteroatoms. The molecule has 0 spiro atoms. The van der Waals surface area contributed by atoms with Gasteiger partial charge >= 0.3 is 24.3 Å². The van der Waals surface area contributed by atoms with Crippen LogP contribution in [0.2, 0.25) is 5.02 Å². The number of urea groups is 1. The SMILES string of the molecule is CN(C)C(=O)COC(=O)CCN1CCC(C2CCN(C(=O)[C@@H](Cc3cc(Cl)c(N)c(C(F)(F)F)c3)OC(=O)N3CCC(N4Cc5ccccc5NC4=O)CC3)CC2)CC1. The summed E-state index contributed by atoms with van der Waals surface area (Å²) in [4.78, 5) is 73.0. The second-order valence-electron chi connectivity index (χ2n) is 16.1. The third-order valence-electron chi connectivity index (χ3n) is 12.1. The molecule has 59 heavy (non-hydrogen) atoms. The fourth-order valence-electron chi connectivity index (χ4n) is 8.53. The van der Waals surface area contributed by atoms with Gasteiger partial charge in [0.25, 0.3) is 11.8 Å². The first-order valence-electron chi connectivity index (χ1n) is 20.2. The standard InChI is InChI=1S/C41H53ClF3N7O7/c1-48(2)35(53)25-58-36(54)13-16-49-14-7-27(8-15-49)28-9-17-50(18-10-28)38(55)34(23-26-21-31(41(43,44)45)37(46)32(42)22-26)59-40(57)51-19-11-30(12-20-51)52-24-29-5-3-4-6-33(29)47-39(52)56/h3-6,21-22,27-28,30,34H,7-20,23-25,46H2,1-2H3,(H,47,56)/t34-/m1/s1. The monoisotopic (exact) mass is 847 g/mol. The number of nitrogens with two attached hydrogens (primary N) is 1. The Hall–Kier alpha value is -4.77. The Labute approximate surface area is 347 Å². The van der Waals surface area contributed by atoms with Crippen LogP contribution in [0.15, 0.2) is 36.4 Å². The van der Waals surface area contributed by atoms with Gasteiger partial charge in [-0.05, 0) is 92.8 Å². The Kier molecular flexibility index (Phi) is 14.2. The number of likely N-dealkylation sites (N-methyl/N-ethyl adjacent to an activating group) is 1. The van der Waals surface area contributed by atoms with Crippen LogP contribution in [-0.2, 0) is 43.0 Å². The van der Waals surface area contributed by atoms with Crippen molar-refractivity contribution in [3.8, 4) is 0 Å². The largest absolute Gasteiger partial charge is 0.456 e. The van der Waals surface area contributed by atoms with E-state index in [4.69, 9.17) is 26.8 Å². The summed E-state index contributed by atoms with van der Waals surface area (Å²) in [5.74, 6) is -0.409. The number of anilines is 2. The van der Waals surface area contributed by atoms with Gasteiger partial charge in [0.05, 0.1) is 22.7 Å². The van der Waals surface area contributed by atoms with Crippen molar-refractivity contribution in [1.82, 2.24) is 24.5 Å². The van der Waals surface area contributed by atoms with E-state index in [9.17, 15) is 37.1 Å². The number of rotatable bonds is 11. The predicted molar refractivity (Wildman–Crippen MR) is 213 cm³/mol. The quantitative estimate of drug-likeness (QED) is 0.221. The Morgan fingerprint density at radius 3 is 2.20 bits per heavy atom. The summed E-state index contributed by atoms with van der Waals surface area (Å²) in [7, 11) is 3.19. The molecular weight excluding hydrogens is 795 g/mol. The van der Waals surface area contributed by atoms with Crippen LogP contribution < -0.4 is 11.1 Å². The lowest BCUT2D eigenvalue weighted by atomic mass is 9.78. The van der Waals surface area contributed by atoms with E-state index in [1.807, 2.05) is 24.3 Å². The van der Waals surface area contributed by atoms with Crippen molar-refractivity contribution in [2.24, 2.45) is 11.8 Å². The predicted octanol–water partition coefficient (Wildman–Crippen LogP) is 5.47. The molecule has 3 saturated heterocycles. The maximum atomic E-state index is 14.2. The first-order valence-corrected chi connectivity index (χ1v) is 20.6. The van der Waals surface area contributed by atoms with Crippen LogP contribution >= 0.6 is 11.6 Å². The maximum absolute atomic E-state index is 14.2. The molecule has 5 amide bonds. The molecule has 0 unspecified atom stereocenters. The minimum Gasteiger partial charge on any atom is -0.456 e. The summed E-state index contributed by atoms with van der Waals surface area (Å²) in [6, 6.07) is 9.33. The van der Waals surface area contributed by atoms with Crippen LogP contribution in [0.25, 0.3) is 0 Å². The van der Waals surface area contributed by atoms with Gasteiger partial charge in [0.15, 0.2) is 12.7 Å². The van der Waals surface area contributed by atoms with Crippen LogP contribution in [0.1, 0.15) is 61.6 Å². The summed E-state index contributed by atoms with van der Waals surface area (Å²) in [6.45, 7) is 3.65. The van der Waals surface area contributed by atoms with Crippen LogP contribution in [0.5, 0.6) is 0 Å². The van der Waals surface area contributed by atoms with E-state index in [1.165, 1.54) is 15.9 Å². The molecule has 3 N–H and O–H groups in total. The Morgan fingerprint density at radius 1 is 0.932 bits per heavy atom. The van der Waals surface area contributed by atoms with Crippen LogP contribution in [0, 0.1) is 11.8 Å². The zero-order valence-corrected chi connectivity index (χ0v) is 34.2. The highest BCUT2D eigenvalue weighted by molar-refractivity contribution is 6.33. The van der Waals surface area contributed by atoms with Gasteiger partial charge in [-0.15, -0.1) is 0 Å². The minimum atomic E-state index is -4.80. The van der Waals surface area contributed by atoms with Crippen molar-refractivity contribution >= 4 is 52.9 Å². The van der Waals surface area contributed by atoms with Crippen molar-refractivity contribution in [3.63, 3.8) is 0 Å². The van der Waals surface area contributed by atoms with Gasteiger partial charge in [-0.25, -0.2) is 9.59 Å². The number of nitrogen functional groups attached to an aromatic ring is 1. The molecule has 4 heterocycles. The number of para-hydroxylation sites is 1. The number of carbonyl (C=O) groups excluding carboxylic acids is 5. The fourth-order valence-corrected chi connectivity index (χ4v) is 8.77. The molecule has 2 aromatic carbocycles. The van der Waals surface area contributed by atoms with E-state index in [0.29, 0.717) is 50.9 Å². The lowest BCUT2D eigenvalue weighted by Crippen LogP contribution is -2.52. The molecule has 0 bridgehead atoms. The van der Waals surface area contributed by atoms with Gasteiger partial charge in [-0.3, -0.25) is 14.4 Å². The Morgan fingerprint density at radius 2 is 1.56 bits per heavy atom. The van der Waals surface area contributed by atoms with Crippen LogP contribution in [0.4, 0.5) is 34.1 Å². The van der Waals surface area contributed by atoms with Crippen molar-refractivity contribution in [2.75, 3.05) is 77.6 Å². The normalized spacial score (nSPS) is 19.2. The summed E-state index contributed by atoms with van der Waals surface area (Å²) in [5, 5.41) is 2.60. The number of hydrogen-bond acceptors (Lipinski definition) is 9. The van der Waals surface area contributed by atoms with E-state index in [-0.39, 0.29) is 61.1 Å². The molecule has 0 aromatic heterocycles. The number of piperidine rings is 3. The van der Waals surface area contributed by atoms with Gasteiger partial charge < -0.3 is 45.0 Å². The van der Waals surface area contributed by atoms with Gasteiger partial charge in [0.2, 0.25) is 0 Å². The molecular formula is C41H53ClF3N7O7. The zero-order valence-electron chi connectivity index (χ0n) is 33.5. The van der Waals surface area contributed by atoms with E-state index >= 15 is 0 Å². The zero-order chi connectivity index (χ0) is 42.4. The van der Waals surface area contributed by atoms with E-state index in [0.717, 1.165) is 56.1 Å². The molecule has 2 aromatic rings. The molecule has 4 aliphatic heterocycles. The molecule has 14 nitrogen and oxygen atoms in total. The van der Waals surface area contributed by atoms with Crippen molar-refractivity contribution < 1.29 is 46.6 Å². The fraction of sp³-hybridized carbons (Fsp3) is 0.585. The molecule has 0 aliphatic carbocycles. The number of hydrogen-bond donors (Lipinski definition) is 2. The molecule has 6 rings (SSSR count). The highest BCUT2D eigenvalue weighted by Crippen LogP contribution is 2.39. The Bertz CT molecular complexity index is 1860. The number of nitrogens with zero attached hydrogens (tertiary/aromatic N) is 5. The van der Waals surface area contributed by atoms with Gasteiger partial charge in [-0.2, -0.15) is 13.2 Å². The van der Waals surface area contributed by atoms with Crippen molar-refractivity contribution in [3.05, 3.63) is 58.1 Å². The average Bonchev–Trinajstić information content (AvgIpc) is 3.22. The summed E-state index contributed by atoms with van der Waals surface area (Å²) >= 11 is 6.14. The first kappa shape index (κ1) is 43.8. The highest BCUT2D eigenvalue weighted by atomic mass is 35.5. The van der Waals surface area contributed by atoms with E-state index in [1.54, 1.807) is 23.9 Å². The summed E-state index contributed by atoms with van der Waals surface area (Å²) in [6.07, 6.45) is -2.87. The van der Waals surface area contributed by atoms with Crippen LogP contribution in [0.3, 0.4) is 0 Å². The third-order valence-corrected chi connectivity index (χ3v) is 12.4. The average molecular weight is 848 g/mol. The number of carbonyl (C=O) groups is 5. The van der Waals surface area contributed by atoms with Crippen molar-refractivity contribution in [2.45, 2.75) is 76.2 Å². The second-order valence-corrected chi connectivity index (χ2v) is 16.5. The minimum absolute atomic E-state index is 0.0507. The number of esters is 1. The second kappa shape index (κ2) is 19.1. The number of likely N-dealkylation sites (tertiary alicyclic amines) is 3. The number of halogens is 4. The summed E-state index contributed by atoms with van der Waals surface area (Å²) < 4.78 is 52.7. The lowest BCUT2D eigenvalue weighted by molar-refractivity contribution is -0.151. The smallest absolute Gasteiger partial charge is 0.418 e. The highest BCUT2D eigenvalue weighted by Gasteiger charge is 2.39. The number of nitrogens with one attached hydrogen (secondary N) is 1. The first-order chi connectivity index (χ1) is 28.1. The Balaban J connectivity index is 1.04. The molecule has 3 fully saturated rings. The number of benzene rings is 2. The van der Waals surface area contributed by atoms with Gasteiger partial charge in [-0.1, -0.05) is 29.8 Å². The number of alkyl halides is 3. The number of fused-ring (bicyclic) bond motifs is 1.